The molecule has 106 valence electrons. The van der Waals surface area contributed by atoms with E-state index in [1.54, 1.807) is 0 Å². The Morgan fingerprint density at radius 3 is 2.70 bits per heavy atom. The van der Waals surface area contributed by atoms with Crippen molar-refractivity contribution in [1.82, 2.24) is 0 Å². The van der Waals surface area contributed by atoms with Gasteiger partial charge >= 0.3 is 0 Å². The van der Waals surface area contributed by atoms with Crippen molar-refractivity contribution in [1.29, 1.82) is 0 Å². The number of hydrogen-bond acceptors (Lipinski definition) is 3. The largest absolute Gasteiger partial charge is 0.491 e. The van der Waals surface area contributed by atoms with Crippen molar-refractivity contribution in [2.45, 2.75) is 32.9 Å². The monoisotopic (exact) mass is 270 g/mol. The molecule has 2 aromatic rings. The van der Waals surface area contributed by atoms with E-state index >= 15 is 0 Å². The molecule has 2 rings (SSSR count). The van der Waals surface area contributed by atoms with Crippen LogP contribution < -0.4 is 15.8 Å². The van der Waals surface area contributed by atoms with E-state index in [9.17, 15) is 0 Å². The van der Waals surface area contributed by atoms with Crippen molar-refractivity contribution >= 4 is 11.4 Å². The Bertz CT molecular complexity index is 554. The third-order valence-corrected chi connectivity index (χ3v) is 3.28. The molecule has 0 aliphatic rings. The molecule has 0 aliphatic carbocycles. The number of ether oxygens (including phenoxy) is 1. The van der Waals surface area contributed by atoms with Gasteiger partial charge in [-0.2, -0.15) is 0 Å². The Kier molecular flexibility index (Phi) is 4.88. The Morgan fingerprint density at radius 2 is 1.95 bits per heavy atom. The zero-order valence-corrected chi connectivity index (χ0v) is 12.1. The summed E-state index contributed by atoms with van der Waals surface area (Å²) in [5.41, 5.74) is 8.88. The Morgan fingerprint density at radius 1 is 1.15 bits per heavy atom. The Balaban J connectivity index is 2.00. The zero-order valence-electron chi connectivity index (χ0n) is 12.1. The van der Waals surface area contributed by atoms with Gasteiger partial charge in [0.15, 0.2) is 0 Å². The summed E-state index contributed by atoms with van der Waals surface area (Å²) in [5, 5.41) is 3.37. The first-order valence-electron chi connectivity index (χ1n) is 7.03. The van der Waals surface area contributed by atoms with E-state index in [1.165, 1.54) is 0 Å². The summed E-state index contributed by atoms with van der Waals surface area (Å²) in [6.45, 7) is 4.90. The summed E-state index contributed by atoms with van der Waals surface area (Å²) >= 11 is 0. The highest BCUT2D eigenvalue weighted by atomic mass is 16.5. The average molecular weight is 270 g/mol. The number of para-hydroxylation sites is 1. The first kappa shape index (κ1) is 14.3. The fourth-order valence-corrected chi connectivity index (χ4v) is 1.89. The van der Waals surface area contributed by atoms with Crippen LogP contribution in [0.3, 0.4) is 0 Å². The minimum atomic E-state index is 0.231. The van der Waals surface area contributed by atoms with Gasteiger partial charge in [-0.3, -0.25) is 0 Å². The lowest BCUT2D eigenvalue weighted by molar-refractivity contribution is 0.217. The van der Waals surface area contributed by atoms with Gasteiger partial charge in [-0.25, -0.2) is 0 Å². The number of hydrogen-bond donors (Lipinski definition) is 2. The van der Waals surface area contributed by atoms with Gasteiger partial charge in [0.05, 0.1) is 6.10 Å². The fraction of sp³-hybridized carbons (Fsp3) is 0.294. The van der Waals surface area contributed by atoms with Gasteiger partial charge in [0, 0.05) is 24.0 Å². The van der Waals surface area contributed by atoms with Crippen molar-refractivity contribution < 1.29 is 4.74 Å². The zero-order chi connectivity index (χ0) is 14.4. The minimum absolute atomic E-state index is 0.231. The van der Waals surface area contributed by atoms with E-state index in [1.807, 2.05) is 48.5 Å². The lowest BCUT2D eigenvalue weighted by atomic mass is 10.2. The highest BCUT2D eigenvalue weighted by molar-refractivity contribution is 5.52. The number of anilines is 2. The minimum Gasteiger partial charge on any atom is -0.491 e. The third kappa shape index (κ3) is 3.92. The highest BCUT2D eigenvalue weighted by Crippen LogP contribution is 2.20. The molecule has 1 atom stereocenters. The number of rotatable bonds is 6. The molecule has 0 amide bonds. The summed E-state index contributed by atoms with van der Waals surface area (Å²) in [6, 6.07) is 15.9. The van der Waals surface area contributed by atoms with E-state index < -0.39 is 0 Å². The first-order chi connectivity index (χ1) is 9.69. The summed E-state index contributed by atoms with van der Waals surface area (Å²) in [7, 11) is 0. The van der Waals surface area contributed by atoms with Crippen LogP contribution in [0.15, 0.2) is 48.5 Å². The summed E-state index contributed by atoms with van der Waals surface area (Å²) < 4.78 is 5.82. The summed E-state index contributed by atoms with van der Waals surface area (Å²) in [5.74, 6) is 0.894. The van der Waals surface area contributed by atoms with Gasteiger partial charge in [-0.05, 0) is 37.1 Å². The summed E-state index contributed by atoms with van der Waals surface area (Å²) in [4.78, 5) is 0. The number of benzene rings is 2. The molecule has 0 heterocycles. The standard InChI is InChI=1S/C17H22N2O/c1-3-13(2)20-16-9-6-8-15(11-16)19-12-14-7-4-5-10-17(14)18/h4-11,13,19H,3,12,18H2,1-2H3. The SMILES string of the molecule is CCC(C)Oc1cccc(NCc2ccccc2N)c1. The maximum atomic E-state index is 5.93. The molecule has 0 radical (unpaired) electrons. The predicted octanol–water partition coefficient (Wildman–Crippen LogP) is 4.06. The van der Waals surface area contributed by atoms with E-state index in [-0.39, 0.29) is 6.10 Å². The van der Waals surface area contributed by atoms with Gasteiger partial charge < -0.3 is 15.8 Å². The van der Waals surface area contributed by atoms with Crippen molar-refractivity contribution in [2.24, 2.45) is 0 Å². The molecule has 3 N–H and O–H groups in total. The molecule has 20 heavy (non-hydrogen) atoms. The predicted molar refractivity (Wildman–Crippen MR) is 85.0 cm³/mol. The maximum Gasteiger partial charge on any atom is 0.121 e. The fourth-order valence-electron chi connectivity index (χ4n) is 1.89. The van der Waals surface area contributed by atoms with Crippen LogP contribution >= 0.6 is 0 Å². The van der Waals surface area contributed by atoms with Crippen molar-refractivity contribution in [3.8, 4) is 5.75 Å². The van der Waals surface area contributed by atoms with Crippen LogP contribution in [0.4, 0.5) is 11.4 Å². The highest BCUT2D eigenvalue weighted by Gasteiger charge is 2.02. The van der Waals surface area contributed by atoms with Gasteiger partial charge in [-0.15, -0.1) is 0 Å². The van der Waals surface area contributed by atoms with Crippen LogP contribution in [0.2, 0.25) is 0 Å². The molecule has 3 heteroatoms. The number of nitrogens with one attached hydrogen (secondary N) is 1. The smallest absolute Gasteiger partial charge is 0.121 e. The molecule has 0 aromatic heterocycles. The number of nitrogen functional groups attached to an aromatic ring is 1. The van der Waals surface area contributed by atoms with Crippen LogP contribution in [-0.4, -0.2) is 6.10 Å². The average Bonchev–Trinajstić information content (AvgIpc) is 2.47. The second kappa shape index (κ2) is 6.85. The van der Waals surface area contributed by atoms with E-state index in [4.69, 9.17) is 10.5 Å². The first-order valence-corrected chi connectivity index (χ1v) is 7.03. The Hall–Kier alpha value is -2.16. The molecule has 0 bridgehead atoms. The van der Waals surface area contributed by atoms with Crippen molar-refractivity contribution in [3.63, 3.8) is 0 Å². The molecule has 0 saturated heterocycles. The van der Waals surface area contributed by atoms with Crippen LogP contribution in [0.25, 0.3) is 0 Å². The molecular weight excluding hydrogens is 248 g/mol. The molecule has 1 unspecified atom stereocenters. The van der Waals surface area contributed by atoms with Crippen LogP contribution in [0.1, 0.15) is 25.8 Å². The molecule has 0 aliphatic heterocycles. The molecule has 0 fully saturated rings. The van der Waals surface area contributed by atoms with Crippen LogP contribution in [0.5, 0.6) is 5.75 Å². The Labute approximate surface area is 120 Å². The van der Waals surface area contributed by atoms with Gasteiger partial charge in [0.25, 0.3) is 0 Å². The van der Waals surface area contributed by atoms with E-state index in [2.05, 4.69) is 19.2 Å². The molecule has 0 spiro atoms. The molecule has 2 aromatic carbocycles. The lowest BCUT2D eigenvalue weighted by Crippen LogP contribution is -2.10. The van der Waals surface area contributed by atoms with E-state index in [0.29, 0.717) is 6.54 Å². The van der Waals surface area contributed by atoms with Crippen molar-refractivity contribution in [3.05, 3.63) is 54.1 Å². The van der Waals surface area contributed by atoms with E-state index in [0.717, 1.165) is 29.1 Å². The normalized spacial score (nSPS) is 11.9. The third-order valence-electron chi connectivity index (χ3n) is 3.28. The second-order valence-electron chi connectivity index (χ2n) is 4.92. The van der Waals surface area contributed by atoms with Gasteiger partial charge in [0.1, 0.15) is 5.75 Å². The quantitative estimate of drug-likeness (QED) is 0.778. The van der Waals surface area contributed by atoms with Crippen LogP contribution in [-0.2, 0) is 6.54 Å². The second-order valence-corrected chi connectivity index (χ2v) is 4.92. The maximum absolute atomic E-state index is 5.93. The van der Waals surface area contributed by atoms with Crippen molar-refractivity contribution in [2.75, 3.05) is 11.1 Å². The number of nitrogens with two attached hydrogens (primary N) is 1. The lowest BCUT2D eigenvalue weighted by Gasteiger charge is -2.14. The van der Waals surface area contributed by atoms with Gasteiger partial charge in [0.2, 0.25) is 0 Å². The summed E-state index contributed by atoms with van der Waals surface area (Å²) in [6.07, 6.45) is 1.23. The van der Waals surface area contributed by atoms with Gasteiger partial charge in [-0.1, -0.05) is 31.2 Å². The van der Waals surface area contributed by atoms with Crippen LogP contribution in [0, 0.1) is 0 Å². The molecular formula is C17H22N2O. The topological polar surface area (TPSA) is 47.3 Å². The molecule has 0 saturated carbocycles. The molecule has 3 nitrogen and oxygen atoms in total.